The molecule has 4 rings (SSSR count). The number of hydrogen-bond acceptors (Lipinski definition) is 5. The molecule has 224 valence electrons. The van der Waals surface area contributed by atoms with Gasteiger partial charge in [0, 0.05) is 26.1 Å². The van der Waals surface area contributed by atoms with E-state index in [4.69, 9.17) is 16.3 Å². The van der Waals surface area contributed by atoms with Gasteiger partial charge in [-0.15, -0.1) is 0 Å². The Morgan fingerprint density at radius 1 is 1.10 bits per heavy atom. The van der Waals surface area contributed by atoms with Crippen LogP contribution in [0.5, 0.6) is 5.75 Å². The summed E-state index contributed by atoms with van der Waals surface area (Å²) in [6, 6.07) is 15.5. The number of benzene rings is 3. The molecule has 0 aromatic heterocycles. The van der Waals surface area contributed by atoms with Crippen molar-refractivity contribution >= 4 is 24.0 Å². The third-order valence-corrected chi connectivity index (χ3v) is 8.25. The Morgan fingerprint density at radius 2 is 1.83 bits per heavy atom. The van der Waals surface area contributed by atoms with Crippen LogP contribution in [0, 0.1) is 20.8 Å². The van der Waals surface area contributed by atoms with Crippen molar-refractivity contribution in [1.82, 2.24) is 10.2 Å². The highest BCUT2D eigenvalue weighted by molar-refractivity contribution is 6.32. The van der Waals surface area contributed by atoms with Gasteiger partial charge in [0.2, 0.25) is 0 Å². The van der Waals surface area contributed by atoms with Crippen molar-refractivity contribution in [1.29, 1.82) is 0 Å². The van der Waals surface area contributed by atoms with Gasteiger partial charge in [0.25, 0.3) is 5.92 Å². The molecule has 0 saturated carbocycles. The number of likely N-dealkylation sites (tertiary alicyclic amines) is 1. The van der Waals surface area contributed by atoms with Crippen LogP contribution in [-0.4, -0.2) is 54.5 Å². The number of ether oxygens (including phenoxy) is 1. The monoisotopic (exact) mass is 596 g/mol. The molecule has 1 fully saturated rings. The van der Waals surface area contributed by atoms with Gasteiger partial charge < -0.3 is 20.0 Å². The van der Waals surface area contributed by atoms with E-state index in [0.717, 1.165) is 50.9 Å². The fraction of sp³-hybridized carbons (Fsp3) is 0.382. The van der Waals surface area contributed by atoms with E-state index in [1.807, 2.05) is 42.2 Å². The lowest BCUT2D eigenvalue weighted by Crippen LogP contribution is -2.33. The predicted octanol–water partition coefficient (Wildman–Crippen LogP) is 6.90. The zero-order valence-electron chi connectivity index (χ0n) is 24.4. The van der Waals surface area contributed by atoms with E-state index in [9.17, 15) is 18.7 Å². The van der Waals surface area contributed by atoms with Crippen LogP contribution in [0.15, 0.2) is 54.6 Å². The maximum absolute atomic E-state index is 13.4. The molecular weight excluding hydrogens is 558 g/mol. The van der Waals surface area contributed by atoms with E-state index in [1.54, 1.807) is 0 Å². The number of aliphatic hydroxyl groups is 1. The van der Waals surface area contributed by atoms with Crippen LogP contribution in [-0.2, 0) is 17.9 Å². The zero-order valence-corrected chi connectivity index (χ0v) is 25.2. The summed E-state index contributed by atoms with van der Waals surface area (Å²) in [6.45, 7) is 7.60. The molecule has 3 aromatic rings. The second-order valence-electron chi connectivity index (χ2n) is 11.0. The van der Waals surface area contributed by atoms with Crippen LogP contribution < -0.4 is 10.1 Å². The molecule has 3 aromatic carbocycles. The average Bonchev–Trinajstić information content (AvgIpc) is 3.32. The van der Waals surface area contributed by atoms with Crippen molar-refractivity contribution in [2.75, 3.05) is 26.2 Å². The van der Waals surface area contributed by atoms with Crippen LogP contribution in [0.1, 0.15) is 46.2 Å². The van der Waals surface area contributed by atoms with Crippen molar-refractivity contribution in [2.45, 2.75) is 58.7 Å². The summed E-state index contributed by atoms with van der Waals surface area (Å²) in [6.07, 6.45) is 5.52. The fourth-order valence-corrected chi connectivity index (χ4v) is 5.51. The molecule has 0 radical (unpaired) electrons. The minimum Gasteiger partial charge on any atom is -0.487 e. The standard InChI is InChI=1S/C34H39ClF2N2O3/c1-23-16-33(32(35)17-28(23)18-38-29(19-40)20-41)42-21-27-10-7-12-31(25(27)3)30-11-6-9-26(24(30)2)8-4-5-14-39-15-13-34(36,37)22-39/h4,6-12,16-17,19,29,38,41H,5,13-15,18,20-22H2,1-3H3/b8-4+. The SMILES string of the molecule is Cc1cc(OCc2cccc(-c3cccc(/C=C/CCN4CCC(F)(F)C4)c3C)c2C)c(Cl)cc1CNC(C=O)CO. The summed E-state index contributed by atoms with van der Waals surface area (Å²) in [7, 11) is 0. The second-order valence-corrected chi connectivity index (χ2v) is 11.4. The van der Waals surface area contributed by atoms with Gasteiger partial charge in [-0.05, 0) is 83.8 Å². The largest absolute Gasteiger partial charge is 0.487 e. The summed E-state index contributed by atoms with van der Waals surface area (Å²) >= 11 is 6.54. The Balaban J connectivity index is 1.43. The maximum Gasteiger partial charge on any atom is 0.261 e. The smallest absolute Gasteiger partial charge is 0.261 e. The summed E-state index contributed by atoms with van der Waals surface area (Å²) in [5, 5.41) is 12.7. The molecule has 42 heavy (non-hydrogen) atoms. The minimum atomic E-state index is -2.55. The van der Waals surface area contributed by atoms with Gasteiger partial charge in [0.15, 0.2) is 0 Å². The molecule has 1 atom stereocenters. The molecule has 0 amide bonds. The average molecular weight is 597 g/mol. The van der Waals surface area contributed by atoms with Crippen LogP contribution >= 0.6 is 11.6 Å². The first-order valence-corrected chi connectivity index (χ1v) is 14.7. The molecular formula is C34H39ClF2N2O3. The molecule has 1 aliphatic heterocycles. The first kappa shape index (κ1) is 31.8. The molecule has 8 heteroatoms. The number of halogens is 3. The molecule has 1 aliphatic rings. The van der Waals surface area contributed by atoms with Crippen molar-refractivity contribution < 1.29 is 23.4 Å². The number of nitrogens with one attached hydrogen (secondary N) is 1. The van der Waals surface area contributed by atoms with Crippen LogP contribution in [0.2, 0.25) is 5.02 Å². The molecule has 1 unspecified atom stereocenters. The van der Waals surface area contributed by atoms with Crippen molar-refractivity contribution in [3.8, 4) is 16.9 Å². The minimum absolute atomic E-state index is 0.0477. The summed E-state index contributed by atoms with van der Waals surface area (Å²) < 4.78 is 33.1. The number of hydrogen-bond donors (Lipinski definition) is 2. The number of carbonyl (C=O) groups is 1. The van der Waals surface area contributed by atoms with Gasteiger partial charge in [-0.25, -0.2) is 8.78 Å². The molecule has 0 bridgehead atoms. The first-order chi connectivity index (χ1) is 20.1. The Hall–Kier alpha value is -3.10. The van der Waals surface area contributed by atoms with Gasteiger partial charge in [-0.2, -0.15) is 0 Å². The molecule has 1 heterocycles. The van der Waals surface area contributed by atoms with Crippen molar-refractivity contribution in [3.05, 3.63) is 93.0 Å². The van der Waals surface area contributed by atoms with Gasteiger partial charge in [-0.1, -0.05) is 60.2 Å². The lowest BCUT2D eigenvalue weighted by molar-refractivity contribution is -0.110. The van der Waals surface area contributed by atoms with Crippen molar-refractivity contribution in [2.24, 2.45) is 0 Å². The van der Waals surface area contributed by atoms with E-state index in [0.29, 0.717) is 43.3 Å². The highest BCUT2D eigenvalue weighted by atomic mass is 35.5. The van der Waals surface area contributed by atoms with Crippen LogP contribution in [0.4, 0.5) is 8.78 Å². The number of aliphatic hydroxyl groups excluding tert-OH is 1. The molecule has 5 nitrogen and oxygen atoms in total. The third-order valence-electron chi connectivity index (χ3n) is 7.96. The number of aldehydes is 1. The Morgan fingerprint density at radius 3 is 2.52 bits per heavy atom. The molecule has 0 aliphatic carbocycles. The first-order valence-electron chi connectivity index (χ1n) is 14.3. The molecule has 2 N–H and O–H groups in total. The quantitative estimate of drug-likeness (QED) is 0.210. The third kappa shape index (κ3) is 8.04. The van der Waals surface area contributed by atoms with E-state index in [-0.39, 0.29) is 19.6 Å². The lowest BCUT2D eigenvalue weighted by Gasteiger charge is -2.17. The number of aryl methyl sites for hydroxylation is 1. The number of carbonyl (C=O) groups excluding carboxylic acids is 1. The number of nitrogens with zero attached hydrogens (tertiary/aromatic N) is 1. The van der Waals surface area contributed by atoms with E-state index in [1.165, 1.54) is 0 Å². The molecule has 0 spiro atoms. The van der Waals surface area contributed by atoms with Gasteiger partial charge >= 0.3 is 0 Å². The summed E-state index contributed by atoms with van der Waals surface area (Å²) in [5.41, 5.74) is 8.58. The van der Waals surface area contributed by atoms with Gasteiger partial charge in [-0.3, -0.25) is 4.90 Å². The van der Waals surface area contributed by atoms with Gasteiger partial charge in [0.1, 0.15) is 18.6 Å². The number of rotatable bonds is 13. The van der Waals surface area contributed by atoms with E-state index >= 15 is 0 Å². The van der Waals surface area contributed by atoms with Crippen LogP contribution in [0.25, 0.3) is 17.2 Å². The van der Waals surface area contributed by atoms with Crippen LogP contribution in [0.3, 0.4) is 0 Å². The Bertz CT molecular complexity index is 1430. The Labute approximate surface area is 252 Å². The highest BCUT2D eigenvalue weighted by Gasteiger charge is 2.37. The Kier molecular flexibility index (Phi) is 10.9. The zero-order chi connectivity index (χ0) is 30.3. The lowest BCUT2D eigenvalue weighted by atomic mass is 9.91. The van der Waals surface area contributed by atoms with Gasteiger partial charge in [0.05, 0.1) is 24.2 Å². The predicted molar refractivity (Wildman–Crippen MR) is 165 cm³/mol. The second kappa shape index (κ2) is 14.4. The fourth-order valence-electron chi connectivity index (χ4n) is 5.27. The highest BCUT2D eigenvalue weighted by Crippen LogP contribution is 2.33. The van der Waals surface area contributed by atoms with Crippen molar-refractivity contribution in [3.63, 3.8) is 0 Å². The molecule has 1 saturated heterocycles. The number of alkyl halides is 2. The summed E-state index contributed by atoms with van der Waals surface area (Å²) in [5.74, 6) is -1.97. The van der Waals surface area contributed by atoms with E-state index in [2.05, 4.69) is 49.5 Å². The maximum atomic E-state index is 13.4. The van der Waals surface area contributed by atoms with E-state index < -0.39 is 12.0 Å². The topological polar surface area (TPSA) is 61.8 Å². The summed E-state index contributed by atoms with van der Waals surface area (Å²) in [4.78, 5) is 12.8. The normalized spacial score (nSPS) is 15.8.